The summed E-state index contributed by atoms with van der Waals surface area (Å²) < 4.78 is 0. The molecule has 0 spiro atoms. The van der Waals surface area contributed by atoms with E-state index in [0.29, 0.717) is 18.8 Å². The number of hydrogen-bond acceptors (Lipinski definition) is 5. The molecule has 0 bridgehead atoms. The van der Waals surface area contributed by atoms with Gasteiger partial charge in [-0.1, -0.05) is 13.3 Å². The Hall–Kier alpha value is -1.40. The van der Waals surface area contributed by atoms with Gasteiger partial charge >= 0.3 is 11.9 Å². The Labute approximate surface area is 80.9 Å². The molecule has 80 valence electrons. The van der Waals surface area contributed by atoms with Crippen molar-refractivity contribution in [3.63, 3.8) is 0 Å². The first-order chi connectivity index (χ1) is 6.66. The van der Waals surface area contributed by atoms with Crippen molar-refractivity contribution in [1.29, 1.82) is 0 Å². The highest BCUT2D eigenvalue weighted by molar-refractivity contribution is 5.90. The van der Waals surface area contributed by atoms with Gasteiger partial charge in [0, 0.05) is 12.2 Å². The largest absolute Gasteiger partial charge is 0.478 e. The number of aliphatic carboxylic acids is 1. The van der Waals surface area contributed by atoms with Gasteiger partial charge < -0.3 is 5.11 Å². The van der Waals surface area contributed by atoms with Crippen LogP contribution in [-0.4, -0.2) is 23.7 Å². The van der Waals surface area contributed by atoms with Gasteiger partial charge in [0.05, 0.1) is 6.61 Å². The number of carboxylic acid groups (broad SMARTS) is 1. The molecule has 0 aliphatic heterocycles. The molecule has 0 unspecified atom stereocenters. The molecule has 0 saturated carbocycles. The van der Waals surface area contributed by atoms with Crippen LogP contribution in [-0.2, 0) is 24.4 Å². The minimum atomic E-state index is -1.24. The van der Waals surface area contributed by atoms with Crippen molar-refractivity contribution in [2.75, 3.05) is 6.61 Å². The van der Waals surface area contributed by atoms with E-state index in [0.717, 1.165) is 12.8 Å². The number of hydrogen-bond donors (Lipinski definition) is 1. The third-order valence-electron chi connectivity index (χ3n) is 1.11. The van der Waals surface area contributed by atoms with Crippen LogP contribution in [0.2, 0.25) is 0 Å². The maximum atomic E-state index is 10.6. The van der Waals surface area contributed by atoms with Crippen molar-refractivity contribution in [2.45, 2.75) is 19.8 Å². The number of carbonyl (C=O) groups excluding carboxylic acids is 1. The molecule has 0 amide bonds. The Bertz CT molecular complexity index is 210. The molecule has 14 heavy (non-hydrogen) atoms. The summed E-state index contributed by atoms with van der Waals surface area (Å²) in [7, 11) is 0. The molecule has 0 aliphatic rings. The Balaban J connectivity index is 3.40. The molecule has 0 aromatic carbocycles. The highest BCUT2D eigenvalue weighted by atomic mass is 17.5. The van der Waals surface area contributed by atoms with Crippen molar-refractivity contribution < 1.29 is 29.5 Å². The monoisotopic (exact) mass is 204 g/mol. The molecule has 0 aromatic heterocycles. The Morgan fingerprint density at radius 2 is 2.07 bits per heavy atom. The van der Waals surface area contributed by atoms with Crippen molar-refractivity contribution in [3.8, 4) is 0 Å². The van der Waals surface area contributed by atoms with E-state index >= 15 is 0 Å². The second-order valence-corrected chi connectivity index (χ2v) is 2.32. The van der Waals surface area contributed by atoms with E-state index in [2.05, 4.69) is 14.8 Å². The van der Waals surface area contributed by atoms with E-state index in [1.165, 1.54) is 0 Å². The fraction of sp³-hybridized carbons (Fsp3) is 0.500. The van der Waals surface area contributed by atoms with Gasteiger partial charge in [-0.25, -0.2) is 9.59 Å². The molecule has 6 heteroatoms. The van der Waals surface area contributed by atoms with Gasteiger partial charge in [-0.3, -0.25) is 4.89 Å². The van der Waals surface area contributed by atoms with Gasteiger partial charge in [0.2, 0.25) is 0 Å². The minimum Gasteiger partial charge on any atom is -0.478 e. The van der Waals surface area contributed by atoms with Crippen molar-refractivity contribution in [2.24, 2.45) is 0 Å². The Morgan fingerprint density at radius 3 is 2.64 bits per heavy atom. The first-order valence-corrected chi connectivity index (χ1v) is 4.08. The predicted octanol–water partition coefficient (Wildman–Crippen LogP) is 0.834. The van der Waals surface area contributed by atoms with Crippen LogP contribution in [0.25, 0.3) is 0 Å². The average molecular weight is 204 g/mol. The topological polar surface area (TPSA) is 82.1 Å². The zero-order valence-corrected chi connectivity index (χ0v) is 7.76. The first kappa shape index (κ1) is 12.6. The first-order valence-electron chi connectivity index (χ1n) is 4.08. The van der Waals surface area contributed by atoms with E-state index < -0.39 is 11.9 Å². The number of unbranched alkanes of at least 4 members (excludes halogenated alkanes) is 1. The summed E-state index contributed by atoms with van der Waals surface area (Å²) in [6.07, 6.45) is 3.06. The maximum Gasteiger partial charge on any atom is 0.369 e. The van der Waals surface area contributed by atoms with Crippen LogP contribution in [0.1, 0.15) is 19.8 Å². The summed E-state index contributed by atoms with van der Waals surface area (Å²) in [5.41, 5.74) is 0. The van der Waals surface area contributed by atoms with Crippen LogP contribution in [0, 0.1) is 0 Å². The molecular weight excluding hydrogens is 192 g/mol. The van der Waals surface area contributed by atoms with Crippen molar-refractivity contribution in [3.05, 3.63) is 12.2 Å². The lowest BCUT2D eigenvalue weighted by Gasteiger charge is -1.98. The lowest BCUT2D eigenvalue weighted by atomic mass is 10.4. The van der Waals surface area contributed by atoms with Crippen LogP contribution >= 0.6 is 0 Å². The molecule has 1 N–H and O–H groups in total. The highest BCUT2D eigenvalue weighted by Crippen LogP contribution is 1.90. The number of carboxylic acids is 1. The van der Waals surface area contributed by atoms with E-state index in [9.17, 15) is 9.59 Å². The van der Waals surface area contributed by atoms with Crippen molar-refractivity contribution >= 4 is 11.9 Å². The molecule has 0 heterocycles. The van der Waals surface area contributed by atoms with Crippen LogP contribution < -0.4 is 0 Å². The van der Waals surface area contributed by atoms with Crippen LogP contribution in [0.5, 0.6) is 0 Å². The van der Waals surface area contributed by atoms with E-state index in [1.54, 1.807) is 0 Å². The molecular formula is C8H12O6. The Morgan fingerprint density at radius 1 is 1.36 bits per heavy atom. The lowest BCUT2D eigenvalue weighted by Crippen LogP contribution is -2.04. The van der Waals surface area contributed by atoms with Crippen molar-refractivity contribution in [1.82, 2.24) is 0 Å². The van der Waals surface area contributed by atoms with Gasteiger partial charge in [-0.05, 0) is 11.5 Å². The average Bonchev–Trinajstić information content (AvgIpc) is 2.14. The zero-order chi connectivity index (χ0) is 10.8. The van der Waals surface area contributed by atoms with Gasteiger partial charge in [-0.2, -0.15) is 4.89 Å². The van der Waals surface area contributed by atoms with Crippen LogP contribution in [0.15, 0.2) is 12.2 Å². The van der Waals surface area contributed by atoms with Crippen LogP contribution in [0.4, 0.5) is 0 Å². The van der Waals surface area contributed by atoms with Gasteiger partial charge in [0.1, 0.15) is 0 Å². The van der Waals surface area contributed by atoms with E-state index in [-0.39, 0.29) is 0 Å². The third-order valence-corrected chi connectivity index (χ3v) is 1.11. The molecule has 0 aliphatic carbocycles. The summed E-state index contributed by atoms with van der Waals surface area (Å²) in [6, 6.07) is 0. The molecule has 6 nitrogen and oxygen atoms in total. The summed E-state index contributed by atoms with van der Waals surface area (Å²) in [5.74, 6) is -2.18. The highest BCUT2D eigenvalue weighted by Gasteiger charge is 1.99. The summed E-state index contributed by atoms with van der Waals surface area (Å²) >= 11 is 0. The molecule has 0 rings (SSSR count). The molecule has 0 radical (unpaired) electrons. The summed E-state index contributed by atoms with van der Waals surface area (Å²) in [6.45, 7) is 2.28. The van der Waals surface area contributed by atoms with Gasteiger partial charge in [-0.15, -0.1) is 0 Å². The van der Waals surface area contributed by atoms with E-state index in [4.69, 9.17) is 5.11 Å². The SMILES string of the molecule is CCCCOOOC(=O)/C=C\C(=O)O. The smallest absolute Gasteiger partial charge is 0.369 e. The van der Waals surface area contributed by atoms with E-state index in [1.807, 2.05) is 6.92 Å². The van der Waals surface area contributed by atoms with Crippen LogP contribution in [0.3, 0.4) is 0 Å². The quantitative estimate of drug-likeness (QED) is 0.286. The molecule has 0 saturated heterocycles. The minimum absolute atomic E-state index is 0.312. The molecule has 0 atom stereocenters. The predicted molar refractivity (Wildman–Crippen MR) is 44.8 cm³/mol. The molecule has 0 fully saturated rings. The summed E-state index contributed by atoms with van der Waals surface area (Å²) in [5, 5.41) is 12.2. The number of carbonyl (C=O) groups is 2. The standard InChI is InChI=1S/C8H12O6/c1-2-3-6-12-14-13-8(11)5-4-7(9)10/h4-5H,2-3,6H2,1H3,(H,9,10)/b5-4-. The molecule has 0 aromatic rings. The Kier molecular flexibility index (Phi) is 7.39. The third kappa shape index (κ3) is 8.69. The fourth-order valence-corrected chi connectivity index (χ4v) is 0.462. The lowest BCUT2D eigenvalue weighted by molar-refractivity contribution is -0.484. The summed E-state index contributed by atoms with van der Waals surface area (Å²) in [4.78, 5) is 29.0. The normalized spacial score (nSPS) is 10.4. The zero-order valence-electron chi connectivity index (χ0n) is 7.76. The second-order valence-electron chi connectivity index (χ2n) is 2.32. The fourth-order valence-electron chi connectivity index (χ4n) is 0.462. The van der Waals surface area contributed by atoms with Gasteiger partial charge in [0.25, 0.3) is 0 Å². The number of rotatable bonds is 7. The van der Waals surface area contributed by atoms with Gasteiger partial charge in [0.15, 0.2) is 0 Å². The maximum absolute atomic E-state index is 10.6. The second kappa shape index (κ2) is 8.21.